The van der Waals surface area contributed by atoms with E-state index in [0.29, 0.717) is 36.4 Å². The van der Waals surface area contributed by atoms with Gasteiger partial charge in [-0.15, -0.1) is 0 Å². The van der Waals surface area contributed by atoms with Gasteiger partial charge < -0.3 is 20.6 Å². The van der Waals surface area contributed by atoms with E-state index in [9.17, 15) is 19.1 Å². The summed E-state index contributed by atoms with van der Waals surface area (Å²) in [7, 11) is 0. The standard InChI is InChI=1S/C19H20ClFN4O3/c1-11(26)18(27)24-13-5-7-25(10-13)19(28)14-9-22-6-4-17(14)23-12-2-3-15(20)16(21)8-12/h2-4,6,8-9,11,13,26H,5,7,10H2,1H3,(H,22,23)(H,24,27)/t11-,13+/m0/s1. The lowest BCUT2D eigenvalue weighted by atomic mass is 10.2. The van der Waals surface area contributed by atoms with E-state index >= 15 is 0 Å². The third kappa shape index (κ3) is 4.58. The number of anilines is 2. The lowest BCUT2D eigenvalue weighted by Gasteiger charge is -2.19. The number of aliphatic hydroxyl groups is 1. The van der Waals surface area contributed by atoms with Crippen LogP contribution < -0.4 is 10.6 Å². The van der Waals surface area contributed by atoms with Gasteiger partial charge in [-0.3, -0.25) is 14.6 Å². The summed E-state index contributed by atoms with van der Waals surface area (Å²) in [5.41, 5.74) is 1.27. The first-order chi connectivity index (χ1) is 13.3. The van der Waals surface area contributed by atoms with Gasteiger partial charge in [0, 0.05) is 37.2 Å². The molecule has 2 amide bonds. The fourth-order valence-electron chi connectivity index (χ4n) is 2.96. The second-order valence-corrected chi connectivity index (χ2v) is 7.00. The number of aromatic nitrogens is 1. The van der Waals surface area contributed by atoms with Crippen molar-refractivity contribution in [3.63, 3.8) is 0 Å². The van der Waals surface area contributed by atoms with Crippen LogP contribution in [0.4, 0.5) is 15.8 Å². The van der Waals surface area contributed by atoms with Crippen molar-refractivity contribution in [3.05, 3.63) is 53.1 Å². The molecule has 9 heteroatoms. The van der Waals surface area contributed by atoms with E-state index < -0.39 is 17.8 Å². The number of nitrogens with one attached hydrogen (secondary N) is 2. The molecule has 0 radical (unpaired) electrons. The molecule has 2 heterocycles. The molecule has 1 aromatic heterocycles. The van der Waals surface area contributed by atoms with Crippen LogP contribution in [0.1, 0.15) is 23.7 Å². The van der Waals surface area contributed by atoms with Crippen LogP contribution in [0.15, 0.2) is 36.7 Å². The molecule has 1 fully saturated rings. The second-order valence-electron chi connectivity index (χ2n) is 6.60. The first-order valence-electron chi connectivity index (χ1n) is 8.79. The Morgan fingerprint density at radius 2 is 2.18 bits per heavy atom. The summed E-state index contributed by atoms with van der Waals surface area (Å²) in [5.74, 6) is -1.28. The fourth-order valence-corrected chi connectivity index (χ4v) is 3.08. The molecule has 0 aliphatic carbocycles. The Bertz CT molecular complexity index is 893. The van der Waals surface area contributed by atoms with E-state index in [1.54, 1.807) is 17.0 Å². The van der Waals surface area contributed by atoms with Crippen LogP contribution in [0, 0.1) is 5.82 Å². The molecule has 2 aromatic rings. The molecule has 3 N–H and O–H groups in total. The van der Waals surface area contributed by atoms with Gasteiger partial charge in [0.1, 0.15) is 11.9 Å². The van der Waals surface area contributed by atoms with Crippen LogP contribution >= 0.6 is 11.6 Å². The summed E-state index contributed by atoms with van der Waals surface area (Å²) in [6, 6.07) is 5.69. The molecule has 1 aliphatic rings. The van der Waals surface area contributed by atoms with Gasteiger partial charge in [0.15, 0.2) is 0 Å². The molecule has 28 heavy (non-hydrogen) atoms. The van der Waals surface area contributed by atoms with E-state index in [0.717, 1.165) is 0 Å². The van der Waals surface area contributed by atoms with Crippen LogP contribution in [0.25, 0.3) is 0 Å². The summed E-state index contributed by atoms with van der Waals surface area (Å²) in [6.45, 7) is 2.19. The highest BCUT2D eigenvalue weighted by Crippen LogP contribution is 2.25. The van der Waals surface area contributed by atoms with Crippen LogP contribution in [0.2, 0.25) is 5.02 Å². The van der Waals surface area contributed by atoms with Crippen molar-refractivity contribution in [2.24, 2.45) is 0 Å². The quantitative estimate of drug-likeness (QED) is 0.708. The molecule has 7 nitrogen and oxygen atoms in total. The monoisotopic (exact) mass is 406 g/mol. The maximum absolute atomic E-state index is 13.7. The number of hydrogen-bond acceptors (Lipinski definition) is 5. The number of amides is 2. The van der Waals surface area contributed by atoms with Crippen LogP contribution in [0.3, 0.4) is 0 Å². The Hall–Kier alpha value is -2.71. The average Bonchev–Trinajstić information content (AvgIpc) is 3.13. The molecular formula is C19H20ClFN4O3. The van der Waals surface area contributed by atoms with Gasteiger partial charge in [0.05, 0.1) is 16.3 Å². The molecule has 3 rings (SSSR count). The molecule has 0 spiro atoms. The maximum atomic E-state index is 13.7. The molecular weight excluding hydrogens is 387 g/mol. The Balaban J connectivity index is 1.72. The number of benzene rings is 1. The smallest absolute Gasteiger partial charge is 0.257 e. The number of nitrogens with zero attached hydrogens (tertiary/aromatic N) is 2. The minimum atomic E-state index is -1.10. The lowest BCUT2D eigenvalue weighted by Crippen LogP contribution is -2.42. The van der Waals surface area contributed by atoms with E-state index in [2.05, 4.69) is 15.6 Å². The highest BCUT2D eigenvalue weighted by atomic mass is 35.5. The predicted molar refractivity (Wildman–Crippen MR) is 103 cm³/mol. The van der Waals surface area contributed by atoms with Crippen LogP contribution in [-0.4, -0.2) is 52.0 Å². The van der Waals surface area contributed by atoms with Crippen molar-refractivity contribution in [2.75, 3.05) is 18.4 Å². The van der Waals surface area contributed by atoms with Crippen LogP contribution in [-0.2, 0) is 4.79 Å². The second kappa shape index (κ2) is 8.53. The van der Waals surface area contributed by atoms with Gasteiger partial charge in [0.25, 0.3) is 5.91 Å². The summed E-state index contributed by atoms with van der Waals surface area (Å²) >= 11 is 5.70. The molecule has 1 saturated heterocycles. The maximum Gasteiger partial charge on any atom is 0.257 e. The predicted octanol–water partition coefficient (Wildman–Crippen LogP) is 2.33. The van der Waals surface area contributed by atoms with E-state index in [1.165, 1.54) is 31.5 Å². The van der Waals surface area contributed by atoms with E-state index in [-0.39, 0.29) is 17.0 Å². The zero-order chi connectivity index (χ0) is 20.3. The molecule has 0 saturated carbocycles. The summed E-state index contributed by atoms with van der Waals surface area (Å²) in [5, 5.41) is 15.0. The number of halogens is 2. The van der Waals surface area contributed by atoms with Gasteiger partial charge in [-0.05, 0) is 37.6 Å². The molecule has 0 bridgehead atoms. The Kier molecular flexibility index (Phi) is 6.11. The van der Waals surface area contributed by atoms with Crippen molar-refractivity contribution < 1.29 is 19.1 Å². The third-order valence-electron chi connectivity index (χ3n) is 4.45. The Labute approximate surface area is 166 Å². The molecule has 1 aromatic carbocycles. The van der Waals surface area contributed by atoms with Gasteiger partial charge >= 0.3 is 0 Å². The summed E-state index contributed by atoms with van der Waals surface area (Å²) < 4.78 is 13.7. The molecule has 0 unspecified atom stereocenters. The minimum Gasteiger partial charge on any atom is -0.384 e. The largest absolute Gasteiger partial charge is 0.384 e. The first-order valence-corrected chi connectivity index (χ1v) is 9.16. The minimum absolute atomic E-state index is 0.0129. The van der Waals surface area contributed by atoms with E-state index in [4.69, 9.17) is 11.6 Å². The number of carbonyl (C=O) groups excluding carboxylic acids is 2. The third-order valence-corrected chi connectivity index (χ3v) is 4.76. The Morgan fingerprint density at radius 3 is 2.89 bits per heavy atom. The van der Waals surface area contributed by atoms with Crippen molar-refractivity contribution in [3.8, 4) is 0 Å². The van der Waals surface area contributed by atoms with Crippen molar-refractivity contribution in [1.29, 1.82) is 0 Å². The average molecular weight is 407 g/mol. The van der Waals surface area contributed by atoms with Gasteiger partial charge in [-0.2, -0.15) is 0 Å². The SMILES string of the molecule is C[C@H](O)C(=O)N[C@@H]1CCN(C(=O)c2cnccc2Nc2ccc(Cl)c(F)c2)C1. The highest BCUT2D eigenvalue weighted by molar-refractivity contribution is 6.30. The lowest BCUT2D eigenvalue weighted by molar-refractivity contribution is -0.129. The number of likely N-dealkylation sites (tertiary alicyclic amines) is 1. The zero-order valence-electron chi connectivity index (χ0n) is 15.2. The Morgan fingerprint density at radius 1 is 1.39 bits per heavy atom. The summed E-state index contributed by atoms with van der Waals surface area (Å²) in [6.07, 6.45) is 2.47. The van der Waals surface area contributed by atoms with Crippen molar-refractivity contribution in [2.45, 2.75) is 25.5 Å². The number of aliphatic hydroxyl groups excluding tert-OH is 1. The van der Waals surface area contributed by atoms with Gasteiger partial charge in [-0.1, -0.05) is 11.6 Å². The topological polar surface area (TPSA) is 94.6 Å². The van der Waals surface area contributed by atoms with Crippen molar-refractivity contribution in [1.82, 2.24) is 15.2 Å². The number of rotatable bonds is 5. The zero-order valence-corrected chi connectivity index (χ0v) is 15.9. The first kappa shape index (κ1) is 20.0. The van der Waals surface area contributed by atoms with Gasteiger partial charge in [-0.25, -0.2) is 4.39 Å². The molecule has 1 aliphatic heterocycles. The highest BCUT2D eigenvalue weighted by Gasteiger charge is 2.29. The number of pyridine rings is 1. The normalized spacial score (nSPS) is 17.3. The molecule has 2 atom stereocenters. The number of hydrogen-bond donors (Lipinski definition) is 3. The summed E-state index contributed by atoms with van der Waals surface area (Å²) in [4.78, 5) is 30.2. The van der Waals surface area contributed by atoms with E-state index in [1.807, 2.05) is 0 Å². The van der Waals surface area contributed by atoms with Gasteiger partial charge in [0.2, 0.25) is 5.91 Å². The fraction of sp³-hybridized carbons (Fsp3) is 0.316. The number of carbonyl (C=O) groups is 2. The van der Waals surface area contributed by atoms with Crippen molar-refractivity contribution >= 4 is 34.8 Å². The van der Waals surface area contributed by atoms with Crippen LogP contribution in [0.5, 0.6) is 0 Å². The molecule has 148 valence electrons.